The van der Waals surface area contributed by atoms with Crippen LogP contribution in [0.2, 0.25) is 0 Å². The predicted molar refractivity (Wildman–Crippen MR) is 84.6 cm³/mol. The second kappa shape index (κ2) is 7.09. The standard InChI is InChI=1S/C17H19N3O3/c1-22-16-15(5-2-8-19-16)17(21)20-11-3-4-14(12-20)23-13-6-9-18-10-7-13/h2,5-10,14H,3-4,11-12H2,1H3. The Morgan fingerprint density at radius 1 is 1.26 bits per heavy atom. The van der Waals surface area contributed by atoms with Gasteiger partial charge in [0.2, 0.25) is 5.88 Å². The molecule has 2 aromatic rings. The van der Waals surface area contributed by atoms with Crippen LogP contribution in [0.5, 0.6) is 11.6 Å². The van der Waals surface area contributed by atoms with E-state index in [0.29, 0.717) is 24.5 Å². The summed E-state index contributed by atoms with van der Waals surface area (Å²) in [6.07, 6.45) is 6.82. The van der Waals surface area contributed by atoms with E-state index in [-0.39, 0.29) is 12.0 Å². The summed E-state index contributed by atoms with van der Waals surface area (Å²) in [5.41, 5.74) is 0.486. The van der Waals surface area contributed by atoms with Crippen LogP contribution in [-0.4, -0.2) is 47.1 Å². The van der Waals surface area contributed by atoms with Gasteiger partial charge in [-0.25, -0.2) is 4.98 Å². The minimum Gasteiger partial charge on any atom is -0.488 e. The van der Waals surface area contributed by atoms with Crippen LogP contribution >= 0.6 is 0 Å². The largest absolute Gasteiger partial charge is 0.488 e. The maximum absolute atomic E-state index is 12.7. The Morgan fingerprint density at radius 3 is 2.87 bits per heavy atom. The number of nitrogens with zero attached hydrogens (tertiary/aromatic N) is 3. The molecule has 2 aromatic heterocycles. The van der Waals surface area contributed by atoms with Gasteiger partial charge < -0.3 is 14.4 Å². The fraction of sp³-hybridized carbons (Fsp3) is 0.353. The van der Waals surface area contributed by atoms with Gasteiger partial charge in [-0.05, 0) is 37.1 Å². The smallest absolute Gasteiger partial charge is 0.259 e. The summed E-state index contributed by atoms with van der Waals surface area (Å²) < 4.78 is 11.1. The average Bonchev–Trinajstić information content (AvgIpc) is 2.62. The van der Waals surface area contributed by atoms with Gasteiger partial charge in [-0.3, -0.25) is 9.78 Å². The quantitative estimate of drug-likeness (QED) is 0.865. The lowest BCUT2D eigenvalue weighted by Crippen LogP contribution is -2.44. The molecule has 1 aliphatic rings. The van der Waals surface area contributed by atoms with Crippen LogP contribution in [0.25, 0.3) is 0 Å². The Labute approximate surface area is 135 Å². The van der Waals surface area contributed by atoms with E-state index in [1.54, 1.807) is 35.6 Å². The van der Waals surface area contributed by atoms with Crippen LogP contribution in [-0.2, 0) is 0 Å². The van der Waals surface area contributed by atoms with E-state index < -0.39 is 0 Å². The molecule has 120 valence electrons. The lowest BCUT2D eigenvalue weighted by molar-refractivity contribution is 0.0534. The highest BCUT2D eigenvalue weighted by Crippen LogP contribution is 2.22. The highest BCUT2D eigenvalue weighted by Gasteiger charge is 2.27. The first-order valence-corrected chi connectivity index (χ1v) is 7.63. The number of pyridine rings is 2. The van der Waals surface area contributed by atoms with Gasteiger partial charge in [0.1, 0.15) is 17.4 Å². The van der Waals surface area contributed by atoms with Gasteiger partial charge in [0.25, 0.3) is 5.91 Å². The van der Waals surface area contributed by atoms with Crippen LogP contribution in [0, 0.1) is 0 Å². The van der Waals surface area contributed by atoms with Gasteiger partial charge in [-0.2, -0.15) is 0 Å². The molecule has 1 fully saturated rings. The summed E-state index contributed by atoms with van der Waals surface area (Å²) in [5, 5.41) is 0. The zero-order valence-corrected chi connectivity index (χ0v) is 13.0. The number of rotatable bonds is 4. The third kappa shape index (κ3) is 3.59. The van der Waals surface area contributed by atoms with Crippen molar-refractivity contribution >= 4 is 5.91 Å². The number of aromatic nitrogens is 2. The molecule has 23 heavy (non-hydrogen) atoms. The van der Waals surface area contributed by atoms with Crippen LogP contribution in [0.15, 0.2) is 42.9 Å². The molecule has 1 atom stereocenters. The SMILES string of the molecule is COc1ncccc1C(=O)N1CCCC(Oc2ccncc2)C1. The van der Waals surface area contributed by atoms with Gasteiger partial charge >= 0.3 is 0 Å². The molecule has 0 spiro atoms. The number of methoxy groups -OCH3 is 1. The van der Waals surface area contributed by atoms with Crippen molar-refractivity contribution in [2.45, 2.75) is 18.9 Å². The van der Waals surface area contributed by atoms with Crippen LogP contribution in [0.1, 0.15) is 23.2 Å². The van der Waals surface area contributed by atoms with Crippen LogP contribution in [0.4, 0.5) is 0 Å². The number of amides is 1. The lowest BCUT2D eigenvalue weighted by atomic mass is 10.1. The molecule has 1 saturated heterocycles. The normalized spacial score (nSPS) is 17.6. The molecular weight excluding hydrogens is 294 g/mol. The maximum Gasteiger partial charge on any atom is 0.259 e. The minimum atomic E-state index is -0.0713. The number of carbonyl (C=O) groups excluding carboxylic acids is 1. The molecule has 0 aliphatic carbocycles. The second-order valence-corrected chi connectivity index (χ2v) is 5.38. The first kappa shape index (κ1) is 15.3. The van der Waals surface area contributed by atoms with Crippen molar-refractivity contribution in [2.75, 3.05) is 20.2 Å². The Kier molecular flexibility index (Phi) is 4.71. The molecule has 3 heterocycles. The Bertz CT molecular complexity index is 663. The van der Waals surface area contributed by atoms with Crippen molar-refractivity contribution in [3.8, 4) is 11.6 Å². The van der Waals surface area contributed by atoms with E-state index in [1.807, 2.05) is 12.1 Å². The summed E-state index contributed by atoms with van der Waals surface area (Å²) in [5.74, 6) is 1.06. The van der Waals surface area contributed by atoms with E-state index in [4.69, 9.17) is 9.47 Å². The number of likely N-dealkylation sites (tertiary alicyclic amines) is 1. The molecule has 6 nitrogen and oxygen atoms in total. The van der Waals surface area contributed by atoms with E-state index in [1.165, 1.54) is 7.11 Å². The zero-order valence-electron chi connectivity index (χ0n) is 13.0. The molecule has 1 amide bonds. The highest BCUT2D eigenvalue weighted by atomic mass is 16.5. The van der Waals surface area contributed by atoms with Gasteiger partial charge in [-0.1, -0.05) is 0 Å². The second-order valence-electron chi connectivity index (χ2n) is 5.38. The fourth-order valence-corrected chi connectivity index (χ4v) is 2.71. The zero-order chi connectivity index (χ0) is 16.1. The maximum atomic E-state index is 12.7. The van der Waals surface area contributed by atoms with Gasteiger partial charge in [-0.15, -0.1) is 0 Å². The first-order chi connectivity index (χ1) is 11.3. The summed E-state index contributed by atoms with van der Waals surface area (Å²) >= 11 is 0. The lowest BCUT2D eigenvalue weighted by Gasteiger charge is -2.33. The summed E-state index contributed by atoms with van der Waals surface area (Å²) in [4.78, 5) is 22.6. The molecule has 1 aliphatic heterocycles. The summed E-state index contributed by atoms with van der Waals surface area (Å²) in [6, 6.07) is 7.13. The average molecular weight is 313 g/mol. The number of ether oxygens (including phenoxy) is 2. The van der Waals surface area contributed by atoms with Gasteiger partial charge in [0.05, 0.1) is 13.7 Å². The van der Waals surface area contributed by atoms with Gasteiger partial charge in [0.15, 0.2) is 0 Å². The van der Waals surface area contributed by atoms with E-state index in [9.17, 15) is 4.79 Å². The summed E-state index contributed by atoms with van der Waals surface area (Å²) in [6.45, 7) is 1.27. The molecule has 0 aromatic carbocycles. The van der Waals surface area contributed by atoms with Gasteiger partial charge in [0, 0.05) is 25.1 Å². The number of piperidine rings is 1. The highest BCUT2D eigenvalue weighted by molar-refractivity contribution is 5.96. The Hall–Kier alpha value is -2.63. The molecule has 0 bridgehead atoms. The molecule has 0 radical (unpaired) electrons. The van der Waals surface area contributed by atoms with E-state index in [2.05, 4.69) is 9.97 Å². The predicted octanol–water partition coefficient (Wildman–Crippen LogP) is 2.17. The summed E-state index contributed by atoms with van der Waals surface area (Å²) in [7, 11) is 1.52. The Morgan fingerprint density at radius 2 is 2.09 bits per heavy atom. The molecule has 6 heteroatoms. The Balaban J connectivity index is 1.69. The van der Waals surface area contributed by atoms with Crippen LogP contribution in [0.3, 0.4) is 0 Å². The van der Waals surface area contributed by atoms with E-state index >= 15 is 0 Å². The number of carbonyl (C=O) groups is 1. The van der Waals surface area contributed by atoms with Crippen molar-refractivity contribution in [1.29, 1.82) is 0 Å². The van der Waals surface area contributed by atoms with Crippen molar-refractivity contribution in [3.05, 3.63) is 48.4 Å². The van der Waals surface area contributed by atoms with Crippen molar-refractivity contribution in [1.82, 2.24) is 14.9 Å². The fourth-order valence-electron chi connectivity index (χ4n) is 2.71. The molecule has 1 unspecified atom stereocenters. The molecular formula is C17H19N3O3. The minimum absolute atomic E-state index is 0.0160. The third-order valence-electron chi connectivity index (χ3n) is 3.81. The van der Waals surface area contributed by atoms with Crippen molar-refractivity contribution in [2.24, 2.45) is 0 Å². The topological polar surface area (TPSA) is 64.5 Å². The van der Waals surface area contributed by atoms with Crippen molar-refractivity contribution < 1.29 is 14.3 Å². The number of hydrogen-bond donors (Lipinski definition) is 0. The molecule has 0 saturated carbocycles. The van der Waals surface area contributed by atoms with Crippen molar-refractivity contribution in [3.63, 3.8) is 0 Å². The monoisotopic (exact) mass is 313 g/mol. The first-order valence-electron chi connectivity index (χ1n) is 7.63. The van der Waals surface area contributed by atoms with E-state index in [0.717, 1.165) is 18.6 Å². The molecule has 3 rings (SSSR count). The van der Waals surface area contributed by atoms with Crippen LogP contribution < -0.4 is 9.47 Å². The third-order valence-corrected chi connectivity index (χ3v) is 3.81. The number of hydrogen-bond acceptors (Lipinski definition) is 5. The molecule has 0 N–H and O–H groups in total.